The third kappa shape index (κ3) is 5.85. The van der Waals surface area contributed by atoms with Gasteiger partial charge in [0.15, 0.2) is 0 Å². The van der Waals surface area contributed by atoms with E-state index in [1.54, 1.807) is 24.3 Å². The van der Waals surface area contributed by atoms with Crippen LogP contribution in [0, 0.1) is 6.92 Å². The standard InChI is InChI=1S/C25H26N4O3S/c1-19-9-8-12-21(17-19)33(30,31)28-24-25(27-23-14-7-6-13-22(23)26-24)32-16-15-29(2)18-20-10-4-3-5-11-20/h3-14,17H,15-16,18H2,1-2H3,(H,26,28). The summed E-state index contributed by atoms with van der Waals surface area (Å²) in [5.74, 6) is 0.221. The number of nitrogens with zero attached hydrogens (tertiary/aromatic N) is 3. The van der Waals surface area contributed by atoms with Crippen molar-refractivity contribution in [2.24, 2.45) is 0 Å². The van der Waals surface area contributed by atoms with Crippen LogP contribution in [-0.4, -0.2) is 43.5 Å². The van der Waals surface area contributed by atoms with Crippen molar-refractivity contribution in [1.82, 2.24) is 14.9 Å². The lowest BCUT2D eigenvalue weighted by Gasteiger charge is -2.18. The number of anilines is 1. The van der Waals surface area contributed by atoms with E-state index in [0.29, 0.717) is 24.2 Å². The Balaban J connectivity index is 1.53. The first-order chi connectivity index (χ1) is 15.9. The minimum Gasteiger partial charge on any atom is -0.474 e. The van der Waals surface area contributed by atoms with Gasteiger partial charge in [0.1, 0.15) is 6.61 Å². The number of aromatic nitrogens is 2. The maximum Gasteiger partial charge on any atom is 0.263 e. The molecule has 0 unspecified atom stereocenters. The Bertz CT molecular complexity index is 1340. The van der Waals surface area contributed by atoms with Crippen LogP contribution in [0.3, 0.4) is 0 Å². The quantitative estimate of drug-likeness (QED) is 0.400. The number of aryl methyl sites for hydroxylation is 1. The van der Waals surface area contributed by atoms with Gasteiger partial charge in [0.05, 0.1) is 15.9 Å². The number of hydrogen-bond donors (Lipinski definition) is 1. The van der Waals surface area contributed by atoms with Gasteiger partial charge in [-0.2, -0.15) is 0 Å². The molecule has 1 aromatic heterocycles. The predicted octanol–water partition coefficient (Wildman–Crippen LogP) is 4.25. The molecular formula is C25H26N4O3S. The van der Waals surface area contributed by atoms with E-state index in [1.165, 1.54) is 5.56 Å². The lowest BCUT2D eigenvalue weighted by atomic mass is 10.2. The van der Waals surface area contributed by atoms with Crippen LogP contribution >= 0.6 is 0 Å². The van der Waals surface area contributed by atoms with E-state index < -0.39 is 10.0 Å². The van der Waals surface area contributed by atoms with E-state index >= 15 is 0 Å². The van der Waals surface area contributed by atoms with Crippen molar-refractivity contribution in [3.8, 4) is 5.88 Å². The van der Waals surface area contributed by atoms with Gasteiger partial charge in [-0.3, -0.25) is 9.62 Å². The first-order valence-corrected chi connectivity index (χ1v) is 12.1. The zero-order valence-corrected chi connectivity index (χ0v) is 19.4. The summed E-state index contributed by atoms with van der Waals surface area (Å²) in [6.07, 6.45) is 0. The van der Waals surface area contributed by atoms with Gasteiger partial charge in [-0.15, -0.1) is 0 Å². The van der Waals surface area contributed by atoms with Gasteiger partial charge >= 0.3 is 0 Å². The van der Waals surface area contributed by atoms with E-state index in [2.05, 4.69) is 31.7 Å². The number of hydrogen-bond acceptors (Lipinski definition) is 6. The van der Waals surface area contributed by atoms with Crippen molar-refractivity contribution < 1.29 is 13.2 Å². The monoisotopic (exact) mass is 462 g/mol. The molecule has 0 radical (unpaired) electrons. The van der Waals surface area contributed by atoms with Gasteiger partial charge in [0.2, 0.25) is 5.82 Å². The largest absolute Gasteiger partial charge is 0.474 e. The van der Waals surface area contributed by atoms with Gasteiger partial charge in [-0.05, 0) is 49.4 Å². The number of fused-ring (bicyclic) bond motifs is 1. The minimum absolute atomic E-state index is 0.0703. The van der Waals surface area contributed by atoms with Crippen LogP contribution in [0.5, 0.6) is 5.88 Å². The normalized spacial score (nSPS) is 11.6. The molecule has 0 saturated carbocycles. The summed E-state index contributed by atoms with van der Waals surface area (Å²) in [5, 5.41) is 0. The Morgan fingerprint density at radius 3 is 2.33 bits per heavy atom. The Kier molecular flexibility index (Phi) is 6.86. The second-order valence-corrected chi connectivity index (χ2v) is 9.54. The molecule has 8 heteroatoms. The third-order valence-electron chi connectivity index (χ3n) is 5.08. The number of rotatable bonds is 9. The van der Waals surface area contributed by atoms with E-state index in [9.17, 15) is 8.42 Å². The molecule has 170 valence electrons. The van der Waals surface area contributed by atoms with Gasteiger partial charge in [-0.1, -0.05) is 54.6 Å². The molecule has 33 heavy (non-hydrogen) atoms. The number of nitrogens with one attached hydrogen (secondary N) is 1. The van der Waals surface area contributed by atoms with Crippen molar-refractivity contribution >= 4 is 26.9 Å². The van der Waals surface area contributed by atoms with E-state index in [-0.39, 0.29) is 16.6 Å². The molecule has 0 bridgehead atoms. The van der Waals surface area contributed by atoms with Crippen molar-refractivity contribution in [2.75, 3.05) is 24.9 Å². The van der Waals surface area contributed by atoms with Crippen molar-refractivity contribution in [2.45, 2.75) is 18.4 Å². The fourth-order valence-corrected chi connectivity index (χ4v) is 4.50. The molecule has 0 aliphatic heterocycles. The number of likely N-dealkylation sites (N-methyl/N-ethyl adjacent to an activating group) is 1. The van der Waals surface area contributed by atoms with Gasteiger partial charge in [0.25, 0.3) is 15.9 Å². The number of ether oxygens (including phenoxy) is 1. The smallest absolute Gasteiger partial charge is 0.263 e. The van der Waals surface area contributed by atoms with Crippen LogP contribution in [0.1, 0.15) is 11.1 Å². The SMILES string of the molecule is Cc1cccc(S(=O)(=O)Nc2nc3ccccc3nc2OCCN(C)Cc2ccccc2)c1. The van der Waals surface area contributed by atoms with Crippen LogP contribution in [0.15, 0.2) is 83.8 Å². The highest BCUT2D eigenvalue weighted by molar-refractivity contribution is 7.92. The van der Waals surface area contributed by atoms with Gasteiger partial charge in [-0.25, -0.2) is 18.4 Å². The topological polar surface area (TPSA) is 84.4 Å². The Morgan fingerprint density at radius 2 is 1.61 bits per heavy atom. The van der Waals surface area contributed by atoms with Crippen molar-refractivity contribution in [1.29, 1.82) is 0 Å². The van der Waals surface area contributed by atoms with Crippen LogP contribution in [0.2, 0.25) is 0 Å². The summed E-state index contributed by atoms with van der Waals surface area (Å²) in [6.45, 7) is 3.58. The fraction of sp³-hybridized carbons (Fsp3) is 0.200. The Hall–Kier alpha value is -3.49. The van der Waals surface area contributed by atoms with E-state index in [0.717, 1.165) is 12.1 Å². The molecule has 0 amide bonds. The summed E-state index contributed by atoms with van der Waals surface area (Å²) < 4.78 is 34.4. The molecule has 0 aliphatic rings. The fourth-order valence-electron chi connectivity index (χ4n) is 3.39. The molecule has 1 heterocycles. The molecule has 0 saturated heterocycles. The summed E-state index contributed by atoms with van der Waals surface area (Å²) in [6, 6.07) is 24.1. The van der Waals surface area contributed by atoms with E-state index in [1.807, 2.05) is 56.4 Å². The van der Waals surface area contributed by atoms with Crippen molar-refractivity contribution in [3.05, 3.63) is 90.0 Å². The van der Waals surface area contributed by atoms with Crippen LogP contribution in [0.25, 0.3) is 11.0 Å². The van der Waals surface area contributed by atoms with Gasteiger partial charge in [0, 0.05) is 13.1 Å². The van der Waals surface area contributed by atoms with Crippen molar-refractivity contribution in [3.63, 3.8) is 0 Å². The number of sulfonamides is 1. The Labute approximate surface area is 194 Å². The van der Waals surface area contributed by atoms with Gasteiger partial charge < -0.3 is 4.74 Å². The maximum atomic E-state index is 13.0. The zero-order valence-electron chi connectivity index (χ0n) is 18.6. The zero-order chi connectivity index (χ0) is 23.3. The molecule has 0 aliphatic carbocycles. The average Bonchev–Trinajstić information content (AvgIpc) is 2.80. The molecule has 4 aromatic rings. The third-order valence-corrected chi connectivity index (χ3v) is 6.41. The maximum absolute atomic E-state index is 13.0. The molecular weight excluding hydrogens is 436 g/mol. The Morgan fingerprint density at radius 1 is 0.909 bits per heavy atom. The molecule has 1 N–H and O–H groups in total. The molecule has 0 spiro atoms. The second-order valence-electron chi connectivity index (χ2n) is 7.86. The lowest BCUT2D eigenvalue weighted by Crippen LogP contribution is -2.24. The summed E-state index contributed by atoms with van der Waals surface area (Å²) in [7, 11) is -1.85. The number of para-hydroxylation sites is 2. The minimum atomic E-state index is -3.85. The first kappa shape index (κ1) is 22.7. The molecule has 7 nitrogen and oxygen atoms in total. The second kappa shape index (κ2) is 9.97. The highest BCUT2D eigenvalue weighted by Gasteiger charge is 2.20. The first-order valence-electron chi connectivity index (χ1n) is 10.6. The molecule has 4 rings (SSSR count). The summed E-state index contributed by atoms with van der Waals surface area (Å²) in [4.78, 5) is 11.3. The molecule has 3 aromatic carbocycles. The lowest BCUT2D eigenvalue weighted by molar-refractivity contribution is 0.228. The average molecular weight is 463 g/mol. The molecule has 0 fully saturated rings. The summed E-state index contributed by atoms with van der Waals surface area (Å²) in [5.41, 5.74) is 3.26. The highest BCUT2D eigenvalue weighted by atomic mass is 32.2. The van der Waals surface area contributed by atoms with Crippen LogP contribution in [-0.2, 0) is 16.6 Å². The van der Waals surface area contributed by atoms with Crippen LogP contribution < -0.4 is 9.46 Å². The summed E-state index contributed by atoms with van der Waals surface area (Å²) >= 11 is 0. The van der Waals surface area contributed by atoms with Crippen LogP contribution in [0.4, 0.5) is 5.82 Å². The van der Waals surface area contributed by atoms with E-state index in [4.69, 9.17) is 4.74 Å². The predicted molar refractivity (Wildman–Crippen MR) is 130 cm³/mol. The number of benzene rings is 3. The molecule has 0 atom stereocenters. The highest BCUT2D eigenvalue weighted by Crippen LogP contribution is 2.26.